The van der Waals surface area contributed by atoms with Crippen molar-refractivity contribution in [1.29, 1.82) is 0 Å². The Hall–Kier alpha value is -2.96. The molecule has 1 amide bonds. The highest BCUT2D eigenvalue weighted by molar-refractivity contribution is 5.94. The number of alkyl halides is 2. The van der Waals surface area contributed by atoms with E-state index in [0.29, 0.717) is 30.9 Å². The molecule has 2 heterocycles. The van der Waals surface area contributed by atoms with Gasteiger partial charge in [0.15, 0.2) is 0 Å². The van der Waals surface area contributed by atoms with E-state index in [-0.39, 0.29) is 0 Å². The van der Waals surface area contributed by atoms with Gasteiger partial charge in [0, 0.05) is 24.5 Å². The maximum absolute atomic E-state index is 12.7. The minimum absolute atomic E-state index is 0.293. The molecule has 0 aliphatic carbocycles. The molecular weight excluding hydrogens is 364 g/mol. The van der Waals surface area contributed by atoms with Crippen LogP contribution in [-0.2, 0) is 6.61 Å². The minimum Gasteiger partial charge on any atom is -0.487 e. The van der Waals surface area contributed by atoms with Crippen LogP contribution in [0.3, 0.4) is 0 Å². The van der Waals surface area contributed by atoms with Gasteiger partial charge in [-0.15, -0.1) is 0 Å². The summed E-state index contributed by atoms with van der Waals surface area (Å²) in [5.74, 6) is 0.186. The number of pyridine rings is 1. The molecule has 148 valence electrons. The van der Waals surface area contributed by atoms with Crippen molar-refractivity contribution in [1.82, 2.24) is 14.3 Å². The van der Waals surface area contributed by atoms with E-state index in [0.717, 1.165) is 16.9 Å². The lowest BCUT2D eigenvalue weighted by Crippen LogP contribution is -2.35. The molecule has 0 bridgehead atoms. The van der Waals surface area contributed by atoms with Gasteiger partial charge in [0.25, 0.3) is 12.3 Å². The molecule has 0 unspecified atom stereocenters. The lowest BCUT2D eigenvalue weighted by atomic mass is 10.2. The van der Waals surface area contributed by atoms with Gasteiger partial charge in [-0.3, -0.25) is 4.79 Å². The number of carbonyl (C=O) groups is 1. The summed E-state index contributed by atoms with van der Waals surface area (Å²) in [6.45, 7) is 3.89. The van der Waals surface area contributed by atoms with Gasteiger partial charge in [0.1, 0.15) is 18.0 Å². The van der Waals surface area contributed by atoms with Gasteiger partial charge in [-0.1, -0.05) is 13.0 Å². The highest BCUT2D eigenvalue weighted by Crippen LogP contribution is 2.17. The number of amides is 1. The van der Waals surface area contributed by atoms with Gasteiger partial charge in [-0.25, -0.2) is 13.8 Å². The zero-order valence-electron chi connectivity index (χ0n) is 15.9. The van der Waals surface area contributed by atoms with E-state index in [4.69, 9.17) is 4.74 Å². The number of nitrogens with zero attached hydrogens (tertiary/aromatic N) is 3. The average molecular weight is 387 g/mol. The number of hydrogen-bond acceptors (Lipinski definition) is 3. The summed E-state index contributed by atoms with van der Waals surface area (Å²) in [5.41, 5.74) is 3.12. The highest BCUT2D eigenvalue weighted by atomic mass is 19.3. The Morgan fingerprint density at radius 1 is 1.25 bits per heavy atom. The van der Waals surface area contributed by atoms with E-state index in [2.05, 4.69) is 4.98 Å². The number of aromatic nitrogens is 2. The number of rotatable bonds is 8. The van der Waals surface area contributed by atoms with E-state index in [1.54, 1.807) is 24.3 Å². The Labute approximate surface area is 162 Å². The molecule has 0 spiro atoms. The average Bonchev–Trinajstić information content (AvgIpc) is 3.10. The van der Waals surface area contributed by atoms with Crippen molar-refractivity contribution in [3.63, 3.8) is 0 Å². The van der Waals surface area contributed by atoms with Crippen molar-refractivity contribution in [3.8, 4) is 5.75 Å². The summed E-state index contributed by atoms with van der Waals surface area (Å²) in [4.78, 5) is 18.2. The first kappa shape index (κ1) is 19.8. The highest BCUT2D eigenvalue weighted by Gasteiger charge is 2.19. The van der Waals surface area contributed by atoms with Gasteiger partial charge in [0.2, 0.25) is 0 Å². The van der Waals surface area contributed by atoms with Crippen molar-refractivity contribution in [3.05, 3.63) is 65.6 Å². The number of hydrogen-bond donors (Lipinski definition) is 0. The molecule has 0 aliphatic rings. The molecule has 0 atom stereocenters. The lowest BCUT2D eigenvalue weighted by molar-refractivity contribution is 0.0555. The number of halogens is 2. The number of imidazole rings is 1. The molecule has 3 aromatic rings. The zero-order valence-corrected chi connectivity index (χ0v) is 15.9. The van der Waals surface area contributed by atoms with Gasteiger partial charge in [-0.2, -0.15) is 0 Å². The van der Waals surface area contributed by atoms with Crippen molar-refractivity contribution in [2.24, 2.45) is 0 Å². The number of aryl methyl sites for hydroxylation is 1. The minimum atomic E-state index is -2.55. The van der Waals surface area contributed by atoms with Crippen LogP contribution in [0.15, 0.2) is 48.8 Å². The fourth-order valence-electron chi connectivity index (χ4n) is 3.02. The van der Waals surface area contributed by atoms with Crippen LogP contribution in [0, 0.1) is 6.92 Å². The third-order valence-electron chi connectivity index (χ3n) is 4.35. The van der Waals surface area contributed by atoms with Gasteiger partial charge in [0.05, 0.1) is 12.2 Å². The van der Waals surface area contributed by atoms with Crippen LogP contribution in [-0.4, -0.2) is 39.7 Å². The number of carbonyl (C=O) groups excluding carboxylic acids is 1. The van der Waals surface area contributed by atoms with Crippen molar-refractivity contribution in [2.75, 3.05) is 13.1 Å². The smallest absolute Gasteiger partial charge is 0.255 e. The van der Waals surface area contributed by atoms with E-state index in [1.807, 2.05) is 42.8 Å². The predicted octanol–water partition coefficient (Wildman–Crippen LogP) is 4.34. The molecule has 0 N–H and O–H groups in total. The van der Waals surface area contributed by atoms with Gasteiger partial charge < -0.3 is 14.0 Å². The molecule has 1 aromatic carbocycles. The first-order valence-corrected chi connectivity index (χ1v) is 9.21. The maximum Gasteiger partial charge on any atom is 0.255 e. The van der Waals surface area contributed by atoms with Crippen molar-refractivity contribution in [2.45, 2.75) is 33.3 Å². The van der Waals surface area contributed by atoms with E-state index >= 15 is 0 Å². The normalized spacial score (nSPS) is 11.2. The third-order valence-corrected chi connectivity index (χ3v) is 4.35. The van der Waals surface area contributed by atoms with Crippen LogP contribution in [0.1, 0.15) is 35.0 Å². The van der Waals surface area contributed by atoms with E-state index < -0.39 is 18.9 Å². The first-order valence-electron chi connectivity index (χ1n) is 9.21. The van der Waals surface area contributed by atoms with E-state index in [1.165, 1.54) is 4.90 Å². The van der Waals surface area contributed by atoms with Gasteiger partial charge >= 0.3 is 0 Å². The molecule has 28 heavy (non-hydrogen) atoms. The van der Waals surface area contributed by atoms with E-state index in [9.17, 15) is 13.6 Å². The number of fused-ring (bicyclic) bond motifs is 1. The second-order valence-corrected chi connectivity index (χ2v) is 6.61. The fourth-order valence-corrected chi connectivity index (χ4v) is 3.02. The molecule has 0 saturated heterocycles. The topological polar surface area (TPSA) is 46.8 Å². The molecular formula is C21H23F2N3O2. The standard InChI is InChI=1S/C21H23F2N3O2/c1-3-10-26(13-19(22)23)21(27)16-6-8-18(9-7-16)28-14-17-12-25-11-4-5-15(2)20(25)24-17/h4-9,11-12,19H,3,10,13-14H2,1-2H3. The second kappa shape index (κ2) is 8.82. The zero-order chi connectivity index (χ0) is 20.1. The van der Waals surface area contributed by atoms with Crippen LogP contribution < -0.4 is 4.74 Å². The fraction of sp³-hybridized carbons (Fsp3) is 0.333. The summed E-state index contributed by atoms with van der Waals surface area (Å²) in [6.07, 6.45) is 1.92. The van der Waals surface area contributed by atoms with Crippen LogP contribution in [0.4, 0.5) is 8.78 Å². The van der Waals surface area contributed by atoms with Crippen LogP contribution in [0.5, 0.6) is 5.75 Å². The Bertz CT molecular complexity index is 938. The SMILES string of the molecule is CCCN(CC(F)F)C(=O)c1ccc(OCc2cn3cccc(C)c3n2)cc1. The molecule has 5 nitrogen and oxygen atoms in total. The third kappa shape index (κ3) is 4.65. The van der Waals surface area contributed by atoms with Gasteiger partial charge in [-0.05, 0) is 49.2 Å². The Morgan fingerprint density at radius 2 is 2.00 bits per heavy atom. The van der Waals surface area contributed by atoms with Crippen LogP contribution in [0.2, 0.25) is 0 Å². The van der Waals surface area contributed by atoms with Crippen molar-refractivity contribution >= 4 is 11.6 Å². The molecule has 0 fully saturated rings. The first-order chi connectivity index (χ1) is 13.5. The quantitative estimate of drug-likeness (QED) is 0.578. The Morgan fingerprint density at radius 3 is 2.64 bits per heavy atom. The monoisotopic (exact) mass is 387 g/mol. The molecule has 3 rings (SSSR count). The summed E-state index contributed by atoms with van der Waals surface area (Å²) in [5, 5.41) is 0. The summed E-state index contributed by atoms with van der Waals surface area (Å²) in [7, 11) is 0. The molecule has 0 saturated carbocycles. The van der Waals surface area contributed by atoms with Crippen molar-refractivity contribution < 1.29 is 18.3 Å². The molecule has 7 heteroatoms. The molecule has 2 aromatic heterocycles. The Balaban J connectivity index is 1.64. The predicted molar refractivity (Wildman–Crippen MR) is 103 cm³/mol. The number of benzene rings is 1. The molecule has 0 radical (unpaired) electrons. The second-order valence-electron chi connectivity index (χ2n) is 6.61. The summed E-state index contributed by atoms with van der Waals surface area (Å²) < 4.78 is 33.1. The molecule has 0 aliphatic heterocycles. The van der Waals surface area contributed by atoms with Crippen LogP contribution in [0.25, 0.3) is 5.65 Å². The summed E-state index contributed by atoms with van der Waals surface area (Å²) in [6, 6.07) is 10.5. The number of ether oxygens (including phenoxy) is 1. The van der Waals surface area contributed by atoms with Crippen LogP contribution >= 0.6 is 0 Å². The largest absolute Gasteiger partial charge is 0.487 e. The maximum atomic E-state index is 12.7. The summed E-state index contributed by atoms with van der Waals surface area (Å²) >= 11 is 0. The lowest BCUT2D eigenvalue weighted by Gasteiger charge is -2.21. The Kier molecular flexibility index (Phi) is 6.23.